The van der Waals surface area contributed by atoms with Crippen molar-refractivity contribution in [2.24, 2.45) is 0 Å². The minimum Gasteiger partial charge on any atom is -0.497 e. The van der Waals surface area contributed by atoms with E-state index in [4.69, 9.17) is 9.47 Å². The van der Waals surface area contributed by atoms with Gasteiger partial charge in [-0.15, -0.1) is 10.2 Å². The van der Waals surface area contributed by atoms with E-state index in [0.717, 1.165) is 11.4 Å². The smallest absolute Gasteiger partial charge is 0.337 e. The van der Waals surface area contributed by atoms with Crippen LogP contribution in [0.25, 0.3) is 16.7 Å². The minimum atomic E-state index is -0.393. The molecule has 1 aromatic heterocycles. The van der Waals surface area contributed by atoms with Crippen LogP contribution in [0.15, 0.2) is 42.5 Å². The highest BCUT2D eigenvalue weighted by atomic mass is 16.5. The average molecular weight is 283 g/mol. The van der Waals surface area contributed by atoms with Gasteiger partial charge in [-0.3, -0.25) is 0 Å². The molecule has 0 amide bonds. The third kappa shape index (κ3) is 2.43. The summed E-state index contributed by atoms with van der Waals surface area (Å²) in [6.45, 7) is 0. The van der Waals surface area contributed by atoms with E-state index in [1.165, 1.54) is 11.9 Å². The van der Waals surface area contributed by atoms with Crippen molar-refractivity contribution in [2.45, 2.75) is 0 Å². The van der Waals surface area contributed by atoms with Crippen molar-refractivity contribution < 1.29 is 14.3 Å². The van der Waals surface area contributed by atoms with Gasteiger partial charge in [0.05, 0.1) is 25.5 Å². The lowest BCUT2D eigenvalue weighted by Gasteiger charge is -2.01. The number of methoxy groups -OCH3 is 2. The molecule has 106 valence electrons. The first-order valence-corrected chi connectivity index (χ1v) is 6.31. The summed E-state index contributed by atoms with van der Waals surface area (Å²) in [4.78, 5) is 13.0. The van der Waals surface area contributed by atoms with Crippen molar-refractivity contribution in [2.75, 3.05) is 14.2 Å². The number of fused-ring (bicyclic) bond motifs is 1. The molecule has 0 aliphatic heterocycles. The van der Waals surface area contributed by atoms with Crippen LogP contribution in [0.3, 0.4) is 0 Å². The fraction of sp³-hybridized carbons (Fsp3) is 0.133. The molecule has 6 heteroatoms. The lowest BCUT2D eigenvalue weighted by Crippen LogP contribution is -2.00. The van der Waals surface area contributed by atoms with E-state index in [1.807, 2.05) is 24.3 Å². The Morgan fingerprint density at radius 3 is 2.38 bits per heavy atom. The van der Waals surface area contributed by atoms with Crippen molar-refractivity contribution in [1.82, 2.24) is 15.0 Å². The lowest BCUT2D eigenvalue weighted by atomic mass is 10.2. The summed E-state index contributed by atoms with van der Waals surface area (Å²) in [6.07, 6.45) is 0. The Hall–Kier alpha value is -2.89. The Kier molecular flexibility index (Phi) is 3.27. The lowest BCUT2D eigenvalue weighted by molar-refractivity contribution is 0.0601. The summed E-state index contributed by atoms with van der Waals surface area (Å²) in [5.41, 5.74) is 2.60. The van der Waals surface area contributed by atoms with Crippen LogP contribution in [0, 0.1) is 0 Å². The fourth-order valence-corrected chi connectivity index (χ4v) is 1.99. The number of rotatable bonds is 3. The number of nitrogens with zero attached hydrogens (tertiary/aromatic N) is 3. The monoisotopic (exact) mass is 283 g/mol. The predicted octanol–water partition coefficient (Wildman–Crippen LogP) is 2.22. The molecule has 1 heterocycles. The van der Waals surface area contributed by atoms with Crippen molar-refractivity contribution in [1.29, 1.82) is 0 Å². The Labute approximate surface area is 120 Å². The molecule has 21 heavy (non-hydrogen) atoms. The van der Waals surface area contributed by atoms with Crippen molar-refractivity contribution in [3.8, 4) is 11.4 Å². The van der Waals surface area contributed by atoms with Gasteiger partial charge in [-0.1, -0.05) is 0 Å². The van der Waals surface area contributed by atoms with E-state index >= 15 is 0 Å². The highest BCUT2D eigenvalue weighted by molar-refractivity contribution is 5.93. The molecule has 0 aliphatic carbocycles. The molecule has 0 unspecified atom stereocenters. The predicted molar refractivity (Wildman–Crippen MR) is 76.8 cm³/mol. The molecule has 0 N–H and O–H groups in total. The highest BCUT2D eigenvalue weighted by Crippen LogP contribution is 2.17. The average Bonchev–Trinajstić information content (AvgIpc) is 2.97. The van der Waals surface area contributed by atoms with Crippen molar-refractivity contribution in [3.05, 3.63) is 48.0 Å². The second kappa shape index (κ2) is 5.24. The van der Waals surface area contributed by atoms with Gasteiger partial charge in [0.2, 0.25) is 0 Å². The van der Waals surface area contributed by atoms with Gasteiger partial charge in [0.1, 0.15) is 16.8 Å². The van der Waals surface area contributed by atoms with Crippen LogP contribution in [-0.4, -0.2) is 35.2 Å². The standard InChI is InChI=1S/C15H13N3O3/c1-20-12-6-4-11(5-7-12)18-16-13-8-3-10(15(19)21-2)9-14(13)17-18/h3-9H,1-2H3. The molecule has 0 saturated carbocycles. The summed E-state index contributed by atoms with van der Waals surface area (Å²) in [7, 11) is 2.96. The van der Waals surface area contributed by atoms with Crippen LogP contribution in [0.4, 0.5) is 0 Å². The van der Waals surface area contributed by atoms with Gasteiger partial charge in [-0.25, -0.2) is 4.79 Å². The van der Waals surface area contributed by atoms with Gasteiger partial charge < -0.3 is 9.47 Å². The first kappa shape index (κ1) is 13.1. The second-order valence-corrected chi connectivity index (χ2v) is 4.38. The molecule has 0 saturated heterocycles. The van der Waals surface area contributed by atoms with Gasteiger partial charge in [0.25, 0.3) is 0 Å². The van der Waals surface area contributed by atoms with E-state index in [2.05, 4.69) is 10.2 Å². The zero-order chi connectivity index (χ0) is 14.8. The minimum absolute atomic E-state index is 0.393. The Morgan fingerprint density at radius 1 is 1.00 bits per heavy atom. The molecule has 0 spiro atoms. The van der Waals surface area contributed by atoms with Gasteiger partial charge in [-0.2, -0.15) is 4.80 Å². The summed E-state index contributed by atoms with van der Waals surface area (Å²) in [5.74, 6) is 0.374. The van der Waals surface area contributed by atoms with E-state index in [9.17, 15) is 4.79 Å². The maximum atomic E-state index is 11.5. The molecule has 3 aromatic rings. The molecule has 0 atom stereocenters. The third-order valence-electron chi connectivity index (χ3n) is 3.10. The van der Waals surface area contributed by atoms with Crippen LogP contribution in [-0.2, 0) is 4.74 Å². The zero-order valence-corrected chi connectivity index (χ0v) is 11.6. The fourth-order valence-electron chi connectivity index (χ4n) is 1.99. The van der Waals surface area contributed by atoms with E-state index in [-0.39, 0.29) is 0 Å². The normalized spacial score (nSPS) is 10.6. The third-order valence-corrected chi connectivity index (χ3v) is 3.10. The molecule has 0 aliphatic rings. The topological polar surface area (TPSA) is 66.2 Å². The first-order chi connectivity index (χ1) is 10.2. The molecule has 2 aromatic carbocycles. The van der Waals surface area contributed by atoms with E-state index in [1.54, 1.807) is 25.3 Å². The van der Waals surface area contributed by atoms with Gasteiger partial charge in [-0.05, 0) is 42.5 Å². The number of carbonyl (C=O) groups is 1. The summed E-state index contributed by atoms with van der Waals surface area (Å²) < 4.78 is 9.81. The molecular formula is C15H13N3O3. The zero-order valence-electron chi connectivity index (χ0n) is 11.6. The summed E-state index contributed by atoms with van der Waals surface area (Å²) >= 11 is 0. The number of hydrogen-bond acceptors (Lipinski definition) is 5. The number of hydrogen-bond donors (Lipinski definition) is 0. The van der Waals surface area contributed by atoms with E-state index < -0.39 is 5.97 Å². The van der Waals surface area contributed by atoms with Gasteiger partial charge in [0.15, 0.2) is 0 Å². The molecule has 0 bridgehead atoms. The molecule has 3 rings (SSSR count). The SMILES string of the molecule is COC(=O)c1ccc2nn(-c3ccc(OC)cc3)nc2c1. The van der Waals surface area contributed by atoms with Gasteiger partial charge in [0, 0.05) is 0 Å². The Balaban J connectivity index is 2.01. The maximum Gasteiger partial charge on any atom is 0.337 e. The molecule has 0 fully saturated rings. The number of ether oxygens (including phenoxy) is 2. The van der Waals surface area contributed by atoms with Crippen LogP contribution in [0.1, 0.15) is 10.4 Å². The summed E-state index contributed by atoms with van der Waals surface area (Å²) in [6, 6.07) is 12.5. The van der Waals surface area contributed by atoms with Crippen molar-refractivity contribution in [3.63, 3.8) is 0 Å². The van der Waals surface area contributed by atoms with Crippen LogP contribution in [0.2, 0.25) is 0 Å². The van der Waals surface area contributed by atoms with Crippen LogP contribution >= 0.6 is 0 Å². The number of esters is 1. The highest BCUT2D eigenvalue weighted by Gasteiger charge is 2.10. The first-order valence-electron chi connectivity index (χ1n) is 6.31. The number of carbonyl (C=O) groups excluding carboxylic acids is 1. The number of aromatic nitrogens is 3. The van der Waals surface area contributed by atoms with E-state index in [0.29, 0.717) is 16.6 Å². The quantitative estimate of drug-likeness (QED) is 0.689. The Morgan fingerprint density at radius 2 is 1.71 bits per heavy atom. The summed E-state index contributed by atoms with van der Waals surface area (Å²) in [5, 5.41) is 8.75. The molecular weight excluding hydrogens is 270 g/mol. The van der Waals surface area contributed by atoms with Crippen LogP contribution < -0.4 is 4.74 Å². The maximum absolute atomic E-state index is 11.5. The second-order valence-electron chi connectivity index (χ2n) is 4.38. The number of benzene rings is 2. The van der Waals surface area contributed by atoms with Crippen molar-refractivity contribution >= 4 is 17.0 Å². The Bertz CT molecular complexity index is 794. The molecule has 0 radical (unpaired) electrons. The van der Waals surface area contributed by atoms with Crippen LogP contribution in [0.5, 0.6) is 5.75 Å². The molecule has 6 nitrogen and oxygen atoms in total. The van der Waals surface area contributed by atoms with Gasteiger partial charge >= 0.3 is 5.97 Å². The largest absolute Gasteiger partial charge is 0.497 e.